The van der Waals surface area contributed by atoms with E-state index in [4.69, 9.17) is 9.47 Å². The molecule has 1 saturated heterocycles. The first-order chi connectivity index (χ1) is 15.1. The number of anilines is 2. The Labute approximate surface area is 183 Å². The molecule has 0 aromatic heterocycles. The molecule has 8 heteroatoms. The van der Waals surface area contributed by atoms with Crippen LogP contribution in [-0.4, -0.2) is 50.7 Å². The predicted molar refractivity (Wildman–Crippen MR) is 124 cm³/mol. The first-order valence-electron chi connectivity index (χ1n) is 10.6. The normalized spacial score (nSPS) is 13.6. The van der Waals surface area contributed by atoms with Gasteiger partial charge in [0.25, 0.3) is 0 Å². The van der Waals surface area contributed by atoms with Crippen molar-refractivity contribution in [2.75, 3.05) is 44.5 Å². The number of hydrogen-bond donors (Lipinski definition) is 3. The average molecular weight is 426 g/mol. The number of methoxy groups -OCH3 is 1. The quantitative estimate of drug-likeness (QED) is 0.462. The number of guanidine groups is 1. The van der Waals surface area contributed by atoms with Crippen LogP contribution in [0, 0.1) is 0 Å². The average Bonchev–Trinajstić information content (AvgIpc) is 3.32. The van der Waals surface area contributed by atoms with E-state index in [-0.39, 0.29) is 6.03 Å². The highest BCUT2D eigenvalue weighted by Crippen LogP contribution is 2.30. The van der Waals surface area contributed by atoms with Crippen LogP contribution in [0.5, 0.6) is 11.5 Å². The van der Waals surface area contributed by atoms with E-state index >= 15 is 0 Å². The summed E-state index contributed by atoms with van der Waals surface area (Å²) in [6.45, 7) is 4.69. The van der Waals surface area contributed by atoms with Crippen molar-refractivity contribution < 1.29 is 14.3 Å². The minimum atomic E-state index is -0.0373. The van der Waals surface area contributed by atoms with Gasteiger partial charge in [-0.1, -0.05) is 12.1 Å². The van der Waals surface area contributed by atoms with E-state index in [1.54, 1.807) is 14.2 Å². The molecule has 0 radical (unpaired) electrons. The van der Waals surface area contributed by atoms with Crippen LogP contribution in [0.15, 0.2) is 47.5 Å². The minimum absolute atomic E-state index is 0.0373. The smallest absolute Gasteiger partial charge is 0.321 e. The van der Waals surface area contributed by atoms with E-state index in [1.807, 2.05) is 54.3 Å². The largest absolute Gasteiger partial charge is 0.493 e. The second kappa shape index (κ2) is 11.1. The summed E-state index contributed by atoms with van der Waals surface area (Å²) in [6.07, 6.45) is 2.15. The van der Waals surface area contributed by atoms with Gasteiger partial charge in [0.2, 0.25) is 0 Å². The molecule has 8 nitrogen and oxygen atoms in total. The highest BCUT2D eigenvalue weighted by atomic mass is 16.5. The van der Waals surface area contributed by atoms with Crippen LogP contribution in [0.2, 0.25) is 0 Å². The third kappa shape index (κ3) is 6.28. The summed E-state index contributed by atoms with van der Waals surface area (Å²) in [7, 11) is 3.34. The molecule has 166 valence electrons. The van der Waals surface area contributed by atoms with Crippen LogP contribution in [0.25, 0.3) is 0 Å². The van der Waals surface area contributed by atoms with E-state index in [9.17, 15) is 4.79 Å². The zero-order chi connectivity index (χ0) is 22.1. The lowest BCUT2D eigenvalue weighted by atomic mass is 10.2. The topological polar surface area (TPSA) is 87.2 Å². The Morgan fingerprint density at radius 3 is 2.55 bits per heavy atom. The maximum Gasteiger partial charge on any atom is 0.321 e. The van der Waals surface area contributed by atoms with Gasteiger partial charge in [-0.2, -0.15) is 0 Å². The molecule has 1 aliphatic rings. The standard InChI is InChI=1S/C23H31N5O3/c1-4-31-21-15-19(10-11-20(21)30-3)26-22(24-2)25-16-17-8-7-9-18(14-17)27-23(29)28-12-5-6-13-28/h7-11,14-15H,4-6,12-13,16H2,1-3H3,(H,27,29)(H2,24,25,26). The van der Waals surface area contributed by atoms with Gasteiger partial charge in [0, 0.05) is 44.1 Å². The number of benzene rings is 2. The summed E-state index contributed by atoms with van der Waals surface area (Å²) in [6, 6.07) is 13.4. The molecule has 1 fully saturated rings. The van der Waals surface area contributed by atoms with Crippen molar-refractivity contribution in [2.45, 2.75) is 26.3 Å². The number of amides is 2. The van der Waals surface area contributed by atoms with Gasteiger partial charge in [-0.15, -0.1) is 0 Å². The molecule has 0 unspecified atom stereocenters. The van der Waals surface area contributed by atoms with Crippen molar-refractivity contribution in [3.8, 4) is 11.5 Å². The Bertz CT molecular complexity index is 910. The number of ether oxygens (including phenoxy) is 2. The van der Waals surface area contributed by atoms with Crippen LogP contribution in [0.3, 0.4) is 0 Å². The number of rotatable bonds is 7. The molecule has 2 aromatic rings. The summed E-state index contributed by atoms with van der Waals surface area (Å²) in [5, 5.41) is 9.54. The third-order valence-corrected chi connectivity index (χ3v) is 4.98. The van der Waals surface area contributed by atoms with Gasteiger partial charge in [0.1, 0.15) is 0 Å². The molecule has 0 spiro atoms. The van der Waals surface area contributed by atoms with E-state index in [0.29, 0.717) is 30.6 Å². The molecule has 3 rings (SSSR count). The minimum Gasteiger partial charge on any atom is -0.493 e. The molecule has 0 bridgehead atoms. The lowest BCUT2D eigenvalue weighted by Crippen LogP contribution is -2.32. The number of nitrogens with zero attached hydrogens (tertiary/aromatic N) is 2. The first kappa shape index (κ1) is 22.3. The first-order valence-corrected chi connectivity index (χ1v) is 10.6. The number of urea groups is 1. The van der Waals surface area contributed by atoms with E-state index < -0.39 is 0 Å². The SMILES string of the molecule is CCOc1cc(NC(=NC)NCc2cccc(NC(=O)N3CCCC3)c2)ccc1OC. The van der Waals surface area contributed by atoms with Gasteiger partial charge in [-0.05, 0) is 49.6 Å². The molecule has 3 N–H and O–H groups in total. The fraction of sp³-hybridized carbons (Fsp3) is 0.391. The van der Waals surface area contributed by atoms with Crippen LogP contribution in [0.1, 0.15) is 25.3 Å². The van der Waals surface area contributed by atoms with Gasteiger partial charge < -0.3 is 30.3 Å². The second-order valence-corrected chi connectivity index (χ2v) is 7.17. The van der Waals surface area contributed by atoms with Crippen LogP contribution >= 0.6 is 0 Å². The van der Waals surface area contributed by atoms with Gasteiger partial charge in [0.05, 0.1) is 13.7 Å². The van der Waals surface area contributed by atoms with Crippen molar-refractivity contribution in [1.82, 2.24) is 10.2 Å². The van der Waals surface area contributed by atoms with Gasteiger partial charge in [-0.25, -0.2) is 4.79 Å². The molecule has 2 aromatic carbocycles. The summed E-state index contributed by atoms with van der Waals surface area (Å²) in [5.41, 5.74) is 2.66. The van der Waals surface area contributed by atoms with E-state index in [0.717, 1.165) is 42.9 Å². The third-order valence-electron chi connectivity index (χ3n) is 4.98. The van der Waals surface area contributed by atoms with Crippen molar-refractivity contribution in [1.29, 1.82) is 0 Å². The molecule has 1 aliphatic heterocycles. The number of carbonyl (C=O) groups excluding carboxylic acids is 1. The zero-order valence-corrected chi connectivity index (χ0v) is 18.4. The maximum atomic E-state index is 12.3. The maximum absolute atomic E-state index is 12.3. The Kier molecular flexibility index (Phi) is 7.98. The molecule has 31 heavy (non-hydrogen) atoms. The van der Waals surface area contributed by atoms with Crippen LogP contribution in [-0.2, 0) is 6.54 Å². The zero-order valence-electron chi connectivity index (χ0n) is 18.4. The lowest BCUT2D eigenvalue weighted by Gasteiger charge is -2.17. The number of nitrogens with one attached hydrogen (secondary N) is 3. The molecular weight excluding hydrogens is 394 g/mol. The van der Waals surface area contributed by atoms with Gasteiger partial charge in [0.15, 0.2) is 17.5 Å². The summed E-state index contributed by atoms with van der Waals surface area (Å²) in [5.74, 6) is 1.98. The van der Waals surface area contributed by atoms with E-state index in [1.165, 1.54) is 0 Å². The Morgan fingerprint density at radius 1 is 1.06 bits per heavy atom. The predicted octanol–water partition coefficient (Wildman–Crippen LogP) is 3.91. The van der Waals surface area contributed by atoms with Gasteiger partial charge >= 0.3 is 6.03 Å². The number of aliphatic imine (C=N–C) groups is 1. The Hall–Kier alpha value is -3.42. The van der Waals surface area contributed by atoms with Gasteiger partial charge in [-0.3, -0.25) is 4.99 Å². The summed E-state index contributed by atoms with van der Waals surface area (Å²) < 4.78 is 11.0. The van der Waals surface area contributed by atoms with Crippen molar-refractivity contribution in [3.05, 3.63) is 48.0 Å². The van der Waals surface area contributed by atoms with Crippen LogP contribution < -0.4 is 25.4 Å². The monoisotopic (exact) mass is 425 g/mol. The fourth-order valence-electron chi connectivity index (χ4n) is 3.41. The highest BCUT2D eigenvalue weighted by molar-refractivity contribution is 5.94. The molecule has 1 heterocycles. The van der Waals surface area contributed by atoms with Crippen LogP contribution in [0.4, 0.5) is 16.2 Å². The summed E-state index contributed by atoms with van der Waals surface area (Å²) >= 11 is 0. The van der Waals surface area contributed by atoms with E-state index in [2.05, 4.69) is 20.9 Å². The molecule has 0 atom stereocenters. The summed E-state index contributed by atoms with van der Waals surface area (Å²) in [4.78, 5) is 18.4. The molecular formula is C23H31N5O3. The molecule has 2 amide bonds. The molecule has 0 saturated carbocycles. The van der Waals surface area contributed by atoms with Crippen molar-refractivity contribution in [2.24, 2.45) is 4.99 Å². The fourth-order valence-corrected chi connectivity index (χ4v) is 3.41. The number of carbonyl (C=O) groups is 1. The second-order valence-electron chi connectivity index (χ2n) is 7.17. The Balaban J connectivity index is 1.58. The van der Waals surface area contributed by atoms with Crippen molar-refractivity contribution in [3.63, 3.8) is 0 Å². The van der Waals surface area contributed by atoms with Crippen molar-refractivity contribution >= 4 is 23.4 Å². The Morgan fingerprint density at radius 2 is 1.84 bits per heavy atom. The number of likely N-dealkylation sites (tertiary alicyclic amines) is 1. The molecule has 0 aliphatic carbocycles. The highest BCUT2D eigenvalue weighted by Gasteiger charge is 2.17. The number of hydrogen-bond acceptors (Lipinski definition) is 4. The lowest BCUT2D eigenvalue weighted by molar-refractivity contribution is 0.222.